The van der Waals surface area contributed by atoms with Crippen LogP contribution in [0.4, 0.5) is 0 Å². The summed E-state index contributed by atoms with van der Waals surface area (Å²) in [5.74, 6) is 1.54. The lowest BCUT2D eigenvalue weighted by Crippen LogP contribution is -2.24. The molecule has 1 aromatic rings. The van der Waals surface area contributed by atoms with Gasteiger partial charge >= 0.3 is 0 Å². The largest absolute Gasteiger partial charge is 0.493 e. The molecule has 0 saturated carbocycles. The lowest BCUT2D eigenvalue weighted by atomic mass is 10.2. The lowest BCUT2D eigenvalue weighted by molar-refractivity contribution is -0.128. The molecule has 1 unspecified atom stereocenters. The second-order valence-electron chi connectivity index (χ2n) is 4.32. The third-order valence-electron chi connectivity index (χ3n) is 3.02. The second kappa shape index (κ2) is 5.52. The van der Waals surface area contributed by atoms with Gasteiger partial charge in [-0.25, -0.2) is 0 Å². The van der Waals surface area contributed by atoms with E-state index in [-0.39, 0.29) is 11.2 Å². The van der Waals surface area contributed by atoms with Crippen molar-refractivity contribution in [2.24, 2.45) is 0 Å². The first kappa shape index (κ1) is 13.1. The Morgan fingerprint density at radius 3 is 2.61 bits per heavy atom. The van der Waals surface area contributed by atoms with Crippen LogP contribution < -0.4 is 9.47 Å². The van der Waals surface area contributed by atoms with Crippen molar-refractivity contribution < 1.29 is 14.3 Å². The van der Waals surface area contributed by atoms with Gasteiger partial charge in [-0.2, -0.15) is 12.6 Å². The molecule has 98 valence electrons. The van der Waals surface area contributed by atoms with Crippen LogP contribution in [0.1, 0.15) is 12.0 Å². The molecule has 1 heterocycles. The predicted molar refractivity (Wildman–Crippen MR) is 72.4 cm³/mol. The first-order valence-corrected chi connectivity index (χ1v) is 6.32. The highest BCUT2D eigenvalue weighted by atomic mass is 32.1. The van der Waals surface area contributed by atoms with Crippen LogP contribution in [0, 0.1) is 0 Å². The van der Waals surface area contributed by atoms with E-state index >= 15 is 0 Å². The third-order valence-corrected chi connectivity index (χ3v) is 3.36. The summed E-state index contributed by atoms with van der Waals surface area (Å²) in [6.45, 7) is 1.30. The van der Waals surface area contributed by atoms with E-state index in [1.807, 2.05) is 23.1 Å². The number of ether oxygens (including phenoxy) is 2. The summed E-state index contributed by atoms with van der Waals surface area (Å²) in [7, 11) is 3.21. The van der Waals surface area contributed by atoms with Gasteiger partial charge in [-0.15, -0.1) is 0 Å². The quantitative estimate of drug-likeness (QED) is 0.845. The molecule has 0 N–H and O–H groups in total. The number of amides is 1. The normalized spacial score (nSPS) is 19.2. The van der Waals surface area contributed by atoms with E-state index < -0.39 is 0 Å². The Balaban J connectivity index is 2.12. The monoisotopic (exact) mass is 267 g/mol. The maximum absolute atomic E-state index is 11.7. The fourth-order valence-electron chi connectivity index (χ4n) is 2.10. The summed E-state index contributed by atoms with van der Waals surface area (Å²) in [6.07, 6.45) is 0.524. The van der Waals surface area contributed by atoms with Crippen LogP contribution in [0.3, 0.4) is 0 Å². The van der Waals surface area contributed by atoms with Gasteiger partial charge in [0.2, 0.25) is 5.91 Å². The zero-order valence-corrected chi connectivity index (χ0v) is 11.4. The van der Waals surface area contributed by atoms with Crippen molar-refractivity contribution >= 4 is 18.5 Å². The van der Waals surface area contributed by atoms with Gasteiger partial charge in [0.25, 0.3) is 0 Å². The lowest BCUT2D eigenvalue weighted by Gasteiger charge is -2.17. The van der Waals surface area contributed by atoms with E-state index in [0.29, 0.717) is 31.0 Å². The van der Waals surface area contributed by atoms with Crippen LogP contribution in [-0.2, 0) is 11.3 Å². The van der Waals surface area contributed by atoms with Crippen LogP contribution in [0.2, 0.25) is 0 Å². The first-order valence-electron chi connectivity index (χ1n) is 5.80. The number of carbonyl (C=O) groups excluding carboxylic acids is 1. The summed E-state index contributed by atoms with van der Waals surface area (Å²) in [6, 6.07) is 5.70. The van der Waals surface area contributed by atoms with Crippen molar-refractivity contribution in [3.8, 4) is 11.5 Å². The van der Waals surface area contributed by atoms with Gasteiger partial charge in [0.05, 0.1) is 14.2 Å². The predicted octanol–water partition coefficient (Wildman–Crippen LogP) is 1.73. The molecule has 1 aliphatic heterocycles. The van der Waals surface area contributed by atoms with Gasteiger partial charge in [0.15, 0.2) is 11.5 Å². The van der Waals surface area contributed by atoms with Crippen molar-refractivity contribution in [3.05, 3.63) is 23.8 Å². The summed E-state index contributed by atoms with van der Waals surface area (Å²) in [5.41, 5.74) is 1.03. The van der Waals surface area contributed by atoms with Crippen LogP contribution >= 0.6 is 12.6 Å². The molecule has 18 heavy (non-hydrogen) atoms. The third kappa shape index (κ3) is 2.72. The molecule has 1 amide bonds. The van der Waals surface area contributed by atoms with Crippen LogP contribution in [0.15, 0.2) is 18.2 Å². The number of nitrogens with zero attached hydrogens (tertiary/aromatic N) is 1. The Kier molecular flexibility index (Phi) is 4.01. The molecule has 1 saturated heterocycles. The maximum atomic E-state index is 11.7. The average molecular weight is 267 g/mol. The highest BCUT2D eigenvalue weighted by Gasteiger charge is 2.27. The molecule has 0 aliphatic carbocycles. The Bertz CT molecular complexity index is 450. The molecule has 1 fully saturated rings. The van der Waals surface area contributed by atoms with Crippen molar-refractivity contribution in [1.29, 1.82) is 0 Å². The van der Waals surface area contributed by atoms with E-state index in [4.69, 9.17) is 9.47 Å². The summed E-state index contributed by atoms with van der Waals surface area (Å²) in [5, 5.41) is 0.151. The van der Waals surface area contributed by atoms with Crippen molar-refractivity contribution in [1.82, 2.24) is 4.90 Å². The molecule has 1 aromatic carbocycles. The van der Waals surface area contributed by atoms with Crippen LogP contribution in [0.5, 0.6) is 11.5 Å². The SMILES string of the molecule is COc1ccc(CN2CC(S)CC2=O)cc1OC. The fraction of sp³-hybridized carbons (Fsp3) is 0.462. The number of likely N-dealkylation sites (tertiary alicyclic amines) is 1. The van der Waals surface area contributed by atoms with Crippen LogP contribution in [0.25, 0.3) is 0 Å². The Morgan fingerprint density at radius 1 is 1.33 bits per heavy atom. The van der Waals surface area contributed by atoms with Crippen molar-refractivity contribution in [3.63, 3.8) is 0 Å². The number of hydrogen-bond acceptors (Lipinski definition) is 4. The van der Waals surface area contributed by atoms with Gasteiger partial charge in [-0.05, 0) is 17.7 Å². The molecule has 1 aliphatic rings. The topological polar surface area (TPSA) is 38.8 Å². The Hall–Kier alpha value is -1.36. The Labute approximate surface area is 112 Å². The molecule has 0 aromatic heterocycles. The van der Waals surface area contributed by atoms with Gasteiger partial charge in [0, 0.05) is 24.8 Å². The minimum absolute atomic E-state index is 0.151. The summed E-state index contributed by atoms with van der Waals surface area (Å²) < 4.78 is 10.4. The van der Waals surface area contributed by atoms with Gasteiger partial charge in [0.1, 0.15) is 0 Å². The molecule has 0 bridgehead atoms. The maximum Gasteiger partial charge on any atom is 0.224 e. The first-order chi connectivity index (χ1) is 8.63. The number of carbonyl (C=O) groups is 1. The molecule has 2 rings (SSSR count). The fourth-order valence-corrected chi connectivity index (χ4v) is 2.46. The number of methoxy groups -OCH3 is 2. The molecule has 5 heteroatoms. The number of hydrogen-bond donors (Lipinski definition) is 1. The molecule has 4 nitrogen and oxygen atoms in total. The van der Waals surface area contributed by atoms with Crippen LogP contribution in [-0.4, -0.2) is 36.8 Å². The molecular weight excluding hydrogens is 250 g/mol. The number of rotatable bonds is 4. The number of benzene rings is 1. The minimum atomic E-state index is 0.151. The molecule has 0 radical (unpaired) electrons. The summed E-state index contributed by atoms with van der Waals surface area (Å²) in [4.78, 5) is 13.5. The standard InChI is InChI=1S/C13H17NO3S/c1-16-11-4-3-9(5-12(11)17-2)7-14-8-10(18)6-13(14)15/h3-5,10,18H,6-8H2,1-2H3. The van der Waals surface area contributed by atoms with E-state index in [2.05, 4.69) is 12.6 Å². The van der Waals surface area contributed by atoms with E-state index in [9.17, 15) is 4.79 Å². The van der Waals surface area contributed by atoms with E-state index in [0.717, 1.165) is 5.56 Å². The highest BCUT2D eigenvalue weighted by molar-refractivity contribution is 7.81. The summed E-state index contributed by atoms with van der Waals surface area (Å²) >= 11 is 4.34. The Morgan fingerprint density at radius 2 is 2.06 bits per heavy atom. The van der Waals surface area contributed by atoms with E-state index in [1.165, 1.54) is 0 Å². The smallest absolute Gasteiger partial charge is 0.224 e. The van der Waals surface area contributed by atoms with E-state index in [1.54, 1.807) is 14.2 Å². The molecule has 0 spiro atoms. The van der Waals surface area contributed by atoms with Gasteiger partial charge in [-0.3, -0.25) is 4.79 Å². The zero-order valence-electron chi connectivity index (χ0n) is 10.5. The molecular formula is C13H17NO3S. The molecule has 1 atom stereocenters. The highest BCUT2D eigenvalue weighted by Crippen LogP contribution is 2.28. The van der Waals surface area contributed by atoms with Gasteiger partial charge < -0.3 is 14.4 Å². The zero-order chi connectivity index (χ0) is 13.1. The second-order valence-corrected chi connectivity index (χ2v) is 5.05. The average Bonchev–Trinajstić information content (AvgIpc) is 2.67. The number of thiol groups is 1. The van der Waals surface area contributed by atoms with Gasteiger partial charge in [-0.1, -0.05) is 6.07 Å². The van der Waals surface area contributed by atoms with Crippen molar-refractivity contribution in [2.75, 3.05) is 20.8 Å². The van der Waals surface area contributed by atoms with Crippen molar-refractivity contribution in [2.45, 2.75) is 18.2 Å². The minimum Gasteiger partial charge on any atom is -0.493 e.